The van der Waals surface area contributed by atoms with E-state index in [9.17, 15) is 44.6 Å². The summed E-state index contributed by atoms with van der Waals surface area (Å²) in [5.74, 6) is -1.15. The molecule has 1 saturated carbocycles. The van der Waals surface area contributed by atoms with Gasteiger partial charge in [0.1, 0.15) is 43.2 Å². The maximum Gasteiger partial charge on any atom is 0.472 e. The second kappa shape index (κ2) is 37.4. The largest absolute Gasteiger partial charge is 0.472 e. The predicted molar refractivity (Wildman–Crippen MR) is 240 cm³/mol. The van der Waals surface area contributed by atoms with Crippen molar-refractivity contribution in [3.63, 3.8) is 0 Å². The van der Waals surface area contributed by atoms with Gasteiger partial charge in [-0.1, -0.05) is 159 Å². The Morgan fingerprint density at radius 3 is 1.44 bits per heavy atom. The summed E-state index contributed by atoms with van der Waals surface area (Å²) in [6.45, 7) is 3.24. The fraction of sp³-hybridized carbons (Fsp3) is 0.830. The van der Waals surface area contributed by atoms with Crippen LogP contribution in [0.25, 0.3) is 0 Å². The lowest BCUT2D eigenvalue weighted by atomic mass is 9.85. The Morgan fingerprint density at radius 2 is 0.918 bits per heavy atom. The third-order valence-electron chi connectivity index (χ3n) is 11.0. The van der Waals surface area contributed by atoms with Crippen molar-refractivity contribution in [1.82, 2.24) is 0 Å². The number of aliphatic hydroxyl groups is 5. The summed E-state index contributed by atoms with van der Waals surface area (Å²) in [5, 5.41) is 50.1. The third-order valence-corrected chi connectivity index (χ3v) is 11.9. The van der Waals surface area contributed by atoms with Crippen LogP contribution in [0.15, 0.2) is 36.5 Å². The lowest BCUT2D eigenvalue weighted by molar-refractivity contribution is -0.220. The highest BCUT2D eigenvalue weighted by Crippen LogP contribution is 2.47. The SMILES string of the molecule is CCCC/C=C/CCCCCCCCCCCC(=O)OC[C@H](COP(=O)(O)OC1C(O)C(O)C(O)[C@H](O)C1O)OC(=O)CCC/C=C/C/C=C/CCCCCCCCCCC. The summed E-state index contributed by atoms with van der Waals surface area (Å²) in [6, 6.07) is 0. The molecule has 0 amide bonds. The number of hydrogen-bond acceptors (Lipinski definition) is 12. The minimum absolute atomic E-state index is 0.0333. The first kappa shape index (κ1) is 57.1. The maximum atomic E-state index is 12.8. The number of unbranched alkanes of at least 4 members (excludes halogenated alkanes) is 21. The van der Waals surface area contributed by atoms with Crippen molar-refractivity contribution >= 4 is 19.8 Å². The van der Waals surface area contributed by atoms with E-state index in [0.29, 0.717) is 19.3 Å². The molecule has 14 heteroatoms. The molecule has 0 heterocycles. The molecule has 1 aliphatic rings. The summed E-state index contributed by atoms with van der Waals surface area (Å²) >= 11 is 0. The van der Waals surface area contributed by atoms with E-state index in [1.807, 2.05) is 12.2 Å². The van der Waals surface area contributed by atoms with Crippen LogP contribution in [0.1, 0.15) is 194 Å². The molecule has 0 aromatic rings. The van der Waals surface area contributed by atoms with Crippen LogP contribution < -0.4 is 0 Å². The fourth-order valence-electron chi connectivity index (χ4n) is 7.07. The van der Waals surface area contributed by atoms with Crippen LogP contribution >= 0.6 is 7.82 Å². The highest BCUT2D eigenvalue weighted by Gasteiger charge is 2.51. The van der Waals surface area contributed by atoms with Gasteiger partial charge in [0.2, 0.25) is 0 Å². The van der Waals surface area contributed by atoms with Gasteiger partial charge in [-0.3, -0.25) is 18.6 Å². The number of hydrogen-bond donors (Lipinski definition) is 6. The normalized spacial score (nSPS) is 22.3. The molecule has 0 aliphatic heterocycles. The molecular formula is C47H85O13P. The van der Waals surface area contributed by atoms with E-state index in [0.717, 1.165) is 44.9 Å². The predicted octanol–water partition coefficient (Wildman–Crippen LogP) is 9.39. The van der Waals surface area contributed by atoms with Gasteiger partial charge in [-0.2, -0.15) is 0 Å². The van der Waals surface area contributed by atoms with Crippen LogP contribution in [0.3, 0.4) is 0 Å². The first-order valence-corrected chi connectivity index (χ1v) is 25.3. The van der Waals surface area contributed by atoms with Crippen molar-refractivity contribution in [1.29, 1.82) is 0 Å². The number of ether oxygens (including phenoxy) is 2. The number of carbonyl (C=O) groups excluding carboxylic acids is 2. The van der Waals surface area contributed by atoms with E-state index in [-0.39, 0.29) is 12.8 Å². The monoisotopic (exact) mass is 889 g/mol. The molecule has 8 atom stereocenters. The summed E-state index contributed by atoms with van der Waals surface area (Å²) in [4.78, 5) is 35.7. The molecule has 356 valence electrons. The summed E-state index contributed by atoms with van der Waals surface area (Å²) in [6.07, 6.45) is 29.2. The number of carbonyl (C=O) groups is 2. The van der Waals surface area contributed by atoms with Gasteiger partial charge in [-0.05, 0) is 57.8 Å². The first-order valence-electron chi connectivity index (χ1n) is 23.8. The van der Waals surface area contributed by atoms with E-state index >= 15 is 0 Å². The molecule has 0 saturated heterocycles. The van der Waals surface area contributed by atoms with E-state index in [2.05, 4.69) is 38.2 Å². The van der Waals surface area contributed by atoms with Crippen LogP contribution in [0, 0.1) is 0 Å². The van der Waals surface area contributed by atoms with Gasteiger partial charge in [0.15, 0.2) is 6.10 Å². The third kappa shape index (κ3) is 30.0. The molecule has 0 spiro atoms. The molecule has 0 radical (unpaired) electrons. The number of aliphatic hydroxyl groups excluding tert-OH is 5. The molecule has 0 bridgehead atoms. The standard InChI is InChI=1S/C47H85O13P/c1-3-5-7-9-11-13-15-17-19-20-22-24-26-28-30-32-34-36-41(49)59-39(38-58-61(55,56)60-47-45(53)43(51)42(50)44(52)46(47)54)37-57-40(48)35-33-31-29-27-25-23-21-18-16-14-12-10-8-6-4-2/h10,12,22,24,28,30,39,42-47,50-54H,3-9,11,13-21,23,25-27,29,31-38H2,1-2H3,(H,55,56)/b12-10+,24-22+,30-28+/t39-,42?,43+,44?,45?,46?,47?/m1/s1. The molecule has 0 aromatic carbocycles. The minimum Gasteiger partial charge on any atom is -0.462 e. The lowest BCUT2D eigenvalue weighted by Crippen LogP contribution is -2.64. The van der Waals surface area contributed by atoms with Gasteiger partial charge in [0, 0.05) is 12.8 Å². The fourth-order valence-corrected chi connectivity index (χ4v) is 8.05. The van der Waals surface area contributed by atoms with Crippen molar-refractivity contribution in [3.8, 4) is 0 Å². The Balaban J connectivity index is 2.48. The van der Waals surface area contributed by atoms with Gasteiger partial charge in [0.25, 0.3) is 0 Å². The number of phosphoric ester groups is 1. The van der Waals surface area contributed by atoms with Crippen LogP contribution in [-0.2, 0) is 32.7 Å². The minimum atomic E-state index is -5.13. The number of rotatable bonds is 39. The number of phosphoric acid groups is 1. The second-order valence-corrected chi connectivity index (χ2v) is 18.0. The molecule has 61 heavy (non-hydrogen) atoms. The lowest BCUT2D eigenvalue weighted by Gasteiger charge is -2.41. The maximum absolute atomic E-state index is 12.8. The molecule has 0 aromatic heterocycles. The summed E-state index contributed by atoms with van der Waals surface area (Å²) in [7, 11) is -5.13. The second-order valence-electron chi connectivity index (χ2n) is 16.6. The van der Waals surface area contributed by atoms with Crippen molar-refractivity contribution in [2.24, 2.45) is 0 Å². The van der Waals surface area contributed by atoms with Crippen molar-refractivity contribution in [3.05, 3.63) is 36.5 Å². The van der Waals surface area contributed by atoms with E-state index in [1.54, 1.807) is 0 Å². The quantitative estimate of drug-likeness (QED) is 0.0147. The van der Waals surface area contributed by atoms with Crippen LogP contribution in [0.2, 0.25) is 0 Å². The van der Waals surface area contributed by atoms with Crippen LogP contribution in [0.5, 0.6) is 0 Å². The Labute approximate surface area is 368 Å². The zero-order valence-electron chi connectivity index (χ0n) is 37.7. The van der Waals surface area contributed by atoms with Gasteiger partial charge >= 0.3 is 19.8 Å². The Morgan fingerprint density at radius 1 is 0.508 bits per heavy atom. The molecule has 6 N–H and O–H groups in total. The zero-order chi connectivity index (χ0) is 45.0. The van der Waals surface area contributed by atoms with E-state index in [1.165, 1.54) is 103 Å². The van der Waals surface area contributed by atoms with E-state index in [4.69, 9.17) is 18.5 Å². The van der Waals surface area contributed by atoms with Crippen LogP contribution in [-0.4, -0.2) is 98.3 Å². The molecule has 1 fully saturated rings. The molecule has 6 unspecified atom stereocenters. The summed E-state index contributed by atoms with van der Waals surface area (Å²) < 4.78 is 33.5. The first-order chi connectivity index (χ1) is 29.4. The molecule has 13 nitrogen and oxygen atoms in total. The average molecular weight is 889 g/mol. The van der Waals surface area contributed by atoms with Crippen LogP contribution in [0.4, 0.5) is 0 Å². The van der Waals surface area contributed by atoms with Gasteiger partial charge in [0.05, 0.1) is 6.61 Å². The number of allylic oxidation sites excluding steroid dienone is 6. The van der Waals surface area contributed by atoms with Crippen molar-refractivity contribution in [2.45, 2.75) is 236 Å². The smallest absolute Gasteiger partial charge is 0.462 e. The van der Waals surface area contributed by atoms with Gasteiger partial charge in [-0.25, -0.2) is 4.57 Å². The molecule has 1 rings (SSSR count). The zero-order valence-corrected chi connectivity index (χ0v) is 38.6. The molecule has 1 aliphatic carbocycles. The van der Waals surface area contributed by atoms with Crippen molar-refractivity contribution in [2.75, 3.05) is 13.2 Å². The Bertz CT molecular complexity index is 1210. The highest BCUT2D eigenvalue weighted by atomic mass is 31.2. The average Bonchev–Trinajstić information content (AvgIpc) is 3.24. The van der Waals surface area contributed by atoms with Gasteiger partial charge in [-0.15, -0.1) is 0 Å². The number of esters is 2. The highest BCUT2D eigenvalue weighted by molar-refractivity contribution is 7.47. The summed E-state index contributed by atoms with van der Waals surface area (Å²) in [5.41, 5.74) is 0. The molecular weight excluding hydrogens is 803 g/mol. The topological polar surface area (TPSA) is 210 Å². The van der Waals surface area contributed by atoms with E-state index < -0.39 is 75.7 Å². The van der Waals surface area contributed by atoms with Gasteiger partial charge < -0.3 is 39.9 Å². The Hall–Kier alpha value is -1.93. The van der Waals surface area contributed by atoms with Crippen molar-refractivity contribution < 1.29 is 63.1 Å². The Kier molecular flexibility index (Phi) is 35.0.